The van der Waals surface area contributed by atoms with Crippen molar-refractivity contribution in [2.24, 2.45) is 28.1 Å². The van der Waals surface area contributed by atoms with Crippen molar-refractivity contribution in [3.8, 4) is 0 Å². The van der Waals surface area contributed by atoms with Crippen molar-refractivity contribution in [2.75, 3.05) is 0 Å². The molecule has 6 fully saturated rings. The average molecular weight is 682 g/mol. The summed E-state index contributed by atoms with van der Waals surface area (Å²) in [6.07, 6.45) is -3.60. The van der Waals surface area contributed by atoms with Crippen LogP contribution in [0.15, 0.2) is 53.0 Å². The Bertz CT molecular complexity index is 1660. The molecule has 4 saturated heterocycles. The molecule has 45 heavy (non-hydrogen) atoms. The van der Waals surface area contributed by atoms with E-state index in [9.17, 15) is 24.3 Å². The van der Waals surface area contributed by atoms with Crippen LogP contribution in [-0.2, 0) is 44.7 Å². The molecule has 10 atom stereocenters. The van der Waals surface area contributed by atoms with Gasteiger partial charge in [0.25, 0.3) is 0 Å². The fourth-order valence-electron chi connectivity index (χ4n) is 9.94. The van der Waals surface area contributed by atoms with Gasteiger partial charge in [-0.3, -0.25) is 9.59 Å². The molecule has 2 saturated carbocycles. The molecule has 1 N–H and O–H groups in total. The first kappa shape index (κ1) is 29.3. The van der Waals surface area contributed by atoms with Crippen molar-refractivity contribution in [1.29, 1.82) is 0 Å². The number of aliphatic hydroxyl groups is 1. The van der Waals surface area contributed by atoms with E-state index in [0.29, 0.717) is 17.5 Å². The van der Waals surface area contributed by atoms with E-state index < -0.39 is 75.9 Å². The third-order valence-electron chi connectivity index (χ3n) is 11.7. The molecule has 8 rings (SSSR count). The topological polar surface area (TPSA) is 135 Å². The second-order valence-electron chi connectivity index (χ2n) is 14.4. The first-order valence-corrected chi connectivity index (χ1v) is 16.1. The highest BCUT2D eigenvalue weighted by molar-refractivity contribution is 9.10. The molecule has 2 spiro atoms. The summed E-state index contributed by atoms with van der Waals surface area (Å²) in [4.78, 5) is 53.4. The first-order valence-electron chi connectivity index (χ1n) is 15.3. The van der Waals surface area contributed by atoms with E-state index in [0.717, 1.165) is 10.0 Å². The van der Waals surface area contributed by atoms with Gasteiger partial charge in [0, 0.05) is 22.0 Å². The predicted octanol–water partition coefficient (Wildman–Crippen LogP) is 3.88. The van der Waals surface area contributed by atoms with Gasteiger partial charge in [-0.15, -0.1) is 0 Å². The molecule has 11 heteroatoms. The maximum atomic E-state index is 13.9. The lowest BCUT2D eigenvalue weighted by molar-refractivity contribution is -0.238. The number of hydrogen-bond acceptors (Lipinski definition) is 10. The van der Waals surface area contributed by atoms with Gasteiger partial charge in [-0.1, -0.05) is 61.0 Å². The van der Waals surface area contributed by atoms with Crippen molar-refractivity contribution < 1.29 is 48.0 Å². The van der Waals surface area contributed by atoms with Gasteiger partial charge in [0.1, 0.15) is 12.2 Å². The summed E-state index contributed by atoms with van der Waals surface area (Å²) in [6.45, 7) is 7.70. The number of carbonyl (C=O) groups excluding carboxylic acids is 4. The van der Waals surface area contributed by atoms with Crippen LogP contribution in [-0.4, -0.2) is 64.6 Å². The normalized spacial score (nSPS) is 42.1. The van der Waals surface area contributed by atoms with Gasteiger partial charge in [0.05, 0.1) is 23.4 Å². The summed E-state index contributed by atoms with van der Waals surface area (Å²) >= 11 is 3.38. The summed E-state index contributed by atoms with van der Waals surface area (Å²) in [5, 5.41) is 12.3. The minimum absolute atomic E-state index is 0.0134. The lowest BCUT2D eigenvalue weighted by atomic mass is 9.51. The highest BCUT2D eigenvalue weighted by Crippen LogP contribution is 2.85. The van der Waals surface area contributed by atoms with Crippen LogP contribution in [0.25, 0.3) is 0 Å². The summed E-state index contributed by atoms with van der Waals surface area (Å²) in [5.74, 6) is -3.46. The Hall–Kier alpha value is -3.12. The van der Waals surface area contributed by atoms with Crippen molar-refractivity contribution >= 4 is 39.6 Å². The van der Waals surface area contributed by atoms with E-state index >= 15 is 0 Å². The Labute approximate surface area is 267 Å². The summed E-state index contributed by atoms with van der Waals surface area (Å²) in [5.41, 5.74) is -5.06. The Morgan fingerprint density at radius 2 is 1.60 bits per heavy atom. The second kappa shape index (κ2) is 9.02. The Balaban J connectivity index is 1.17. The number of ether oxygens (including phenoxy) is 5. The van der Waals surface area contributed by atoms with Crippen LogP contribution in [0.1, 0.15) is 62.0 Å². The SMILES string of the molecule is C[C@@H]1C(=O)O[C@H]2C[C@]34[C@@H]5C[C@@H](C(C)(C)C)[C@@]36[C@H](OC(=O)[C@@H]6OCc3ccc(C(=O)c6ccc(Br)cc6)cc3)O[C@]4(C(=O)O5)[C@]21O. The number of halogens is 1. The van der Waals surface area contributed by atoms with Crippen LogP contribution in [0.2, 0.25) is 0 Å². The van der Waals surface area contributed by atoms with E-state index in [-0.39, 0.29) is 24.7 Å². The lowest BCUT2D eigenvalue weighted by Crippen LogP contribution is -2.66. The zero-order chi connectivity index (χ0) is 31.9. The van der Waals surface area contributed by atoms with Crippen LogP contribution in [0.3, 0.4) is 0 Å². The highest BCUT2D eigenvalue weighted by Gasteiger charge is 3.01. The maximum Gasteiger partial charge on any atom is 0.342 e. The molecule has 2 aliphatic carbocycles. The molecule has 0 aromatic heterocycles. The molecule has 2 aromatic rings. The lowest BCUT2D eigenvalue weighted by Gasteiger charge is -2.47. The quantitative estimate of drug-likeness (QED) is 0.282. The Morgan fingerprint density at radius 1 is 0.956 bits per heavy atom. The fraction of sp³-hybridized carbons (Fsp3) is 0.529. The molecule has 0 unspecified atom stereocenters. The first-order chi connectivity index (χ1) is 21.2. The van der Waals surface area contributed by atoms with E-state index in [1.165, 1.54) is 6.92 Å². The summed E-state index contributed by atoms with van der Waals surface area (Å²) in [7, 11) is 0. The zero-order valence-electron chi connectivity index (χ0n) is 25.2. The van der Waals surface area contributed by atoms with Crippen LogP contribution in [0, 0.1) is 28.1 Å². The number of benzene rings is 2. The standard InChI is InChI=1S/C34H33BrO10/c1-16-26(37)42-23-14-31-22-13-21(30(2,3)4)32(31)25(27(38)44-29(32)45-34(31,28(39)43-22)33(16,23)40)41-15-17-5-7-18(8-6-17)24(36)19-9-11-20(35)12-10-19/h5-12,16,21-23,25,29,40H,13-15H2,1-4H3/t16-,21+,22+,23+,25+,29-,31+,32-,33-,34+/m1/s1. The van der Waals surface area contributed by atoms with Crippen LogP contribution in [0.4, 0.5) is 0 Å². The van der Waals surface area contributed by atoms with E-state index in [2.05, 4.69) is 36.7 Å². The van der Waals surface area contributed by atoms with Crippen molar-refractivity contribution in [3.63, 3.8) is 0 Å². The van der Waals surface area contributed by atoms with Gasteiger partial charge in [0.2, 0.25) is 11.9 Å². The number of fused-ring (bicyclic) bond motifs is 1. The summed E-state index contributed by atoms with van der Waals surface area (Å²) < 4.78 is 31.6. The fourth-order valence-corrected chi connectivity index (χ4v) is 10.2. The molecule has 0 amide bonds. The molecular formula is C34H33BrO10. The third kappa shape index (κ3) is 3.20. The molecule has 10 nitrogen and oxygen atoms in total. The Kier molecular flexibility index (Phi) is 5.87. The van der Waals surface area contributed by atoms with Gasteiger partial charge < -0.3 is 28.8 Å². The summed E-state index contributed by atoms with van der Waals surface area (Å²) in [6, 6.07) is 14.1. The highest BCUT2D eigenvalue weighted by atomic mass is 79.9. The second-order valence-corrected chi connectivity index (χ2v) is 15.3. The minimum atomic E-state index is -2.01. The van der Waals surface area contributed by atoms with Crippen molar-refractivity contribution in [1.82, 2.24) is 0 Å². The molecule has 6 aliphatic rings. The molecule has 4 heterocycles. The largest absolute Gasteiger partial charge is 0.459 e. The molecular weight excluding hydrogens is 648 g/mol. The van der Waals surface area contributed by atoms with Gasteiger partial charge in [-0.25, -0.2) is 9.59 Å². The van der Waals surface area contributed by atoms with Crippen molar-refractivity contribution in [3.05, 3.63) is 69.7 Å². The number of carbonyl (C=O) groups is 4. The smallest absolute Gasteiger partial charge is 0.342 e. The molecule has 0 bridgehead atoms. The minimum Gasteiger partial charge on any atom is -0.459 e. The number of esters is 3. The molecule has 0 radical (unpaired) electrons. The average Bonchev–Trinajstić information content (AvgIpc) is 3.71. The predicted molar refractivity (Wildman–Crippen MR) is 157 cm³/mol. The van der Waals surface area contributed by atoms with Gasteiger partial charge in [-0.2, -0.15) is 0 Å². The van der Waals surface area contributed by atoms with Gasteiger partial charge >= 0.3 is 17.9 Å². The maximum absolute atomic E-state index is 13.9. The van der Waals surface area contributed by atoms with Crippen LogP contribution in [0.5, 0.6) is 0 Å². The number of ketones is 1. The van der Waals surface area contributed by atoms with Crippen LogP contribution >= 0.6 is 15.9 Å². The third-order valence-corrected chi connectivity index (χ3v) is 12.2. The van der Waals surface area contributed by atoms with Gasteiger partial charge in [-0.05, 0) is 54.5 Å². The Morgan fingerprint density at radius 3 is 2.24 bits per heavy atom. The van der Waals surface area contributed by atoms with Gasteiger partial charge in [0.15, 0.2) is 17.5 Å². The number of hydrogen-bond donors (Lipinski definition) is 1. The zero-order valence-corrected chi connectivity index (χ0v) is 26.8. The van der Waals surface area contributed by atoms with Crippen molar-refractivity contribution in [2.45, 2.75) is 82.9 Å². The van der Waals surface area contributed by atoms with E-state index in [1.54, 1.807) is 36.4 Å². The number of rotatable bonds is 5. The molecule has 2 aromatic carbocycles. The van der Waals surface area contributed by atoms with Crippen LogP contribution < -0.4 is 0 Å². The van der Waals surface area contributed by atoms with E-state index in [4.69, 9.17) is 23.7 Å². The molecule has 4 aliphatic heterocycles. The molecule has 236 valence electrons. The van der Waals surface area contributed by atoms with E-state index in [1.807, 2.05) is 12.1 Å². The monoisotopic (exact) mass is 680 g/mol.